The number of hydrogen-bond acceptors (Lipinski definition) is 6. The second-order valence-electron chi connectivity index (χ2n) is 4.04. The molecule has 0 aliphatic carbocycles. The Balaban J connectivity index is 2.34. The van der Waals surface area contributed by atoms with Crippen molar-refractivity contribution in [2.75, 3.05) is 5.32 Å². The van der Waals surface area contributed by atoms with Crippen molar-refractivity contribution in [2.24, 2.45) is 0 Å². The minimum atomic E-state index is -4.48. The smallest absolute Gasteiger partial charge is 0.408 e. The number of nitrogens with zero attached hydrogens (tertiary/aromatic N) is 4. The molecule has 112 valence electrons. The highest BCUT2D eigenvalue weighted by Gasteiger charge is 2.36. The SMILES string of the molecule is CC(Nc1nc(O)nc(-c2cccc(Cl)n2)n1)C(F)(F)F. The molecular weight excluding hydrogens is 311 g/mol. The van der Waals surface area contributed by atoms with Crippen LogP contribution in [-0.2, 0) is 0 Å². The molecule has 21 heavy (non-hydrogen) atoms. The number of halogens is 4. The predicted octanol–water partition coefficient (Wildman–Crippen LogP) is 2.66. The molecule has 0 bridgehead atoms. The van der Waals surface area contributed by atoms with Crippen LogP contribution in [0, 0.1) is 0 Å². The first-order valence-electron chi connectivity index (χ1n) is 5.67. The summed E-state index contributed by atoms with van der Waals surface area (Å²) in [5.74, 6) is -0.508. The average molecular weight is 320 g/mol. The standard InChI is InChI=1S/C11H9ClF3N5O/c1-5(11(13,14)15)16-9-18-8(19-10(21)20-9)6-3-2-4-7(12)17-6/h2-5H,1H3,(H2,16,18,19,20,21). The number of alkyl halides is 3. The van der Waals surface area contributed by atoms with E-state index in [9.17, 15) is 18.3 Å². The van der Waals surface area contributed by atoms with E-state index >= 15 is 0 Å². The highest BCUT2D eigenvalue weighted by atomic mass is 35.5. The molecule has 2 heterocycles. The monoisotopic (exact) mass is 319 g/mol. The van der Waals surface area contributed by atoms with Crippen LogP contribution in [0.5, 0.6) is 6.01 Å². The van der Waals surface area contributed by atoms with Gasteiger partial charge in [-0.2, -0.15) is 28.1 Å². The van der Waals surface area contributed by atoms with Gasteiger partial charge in [-0.25, -0.2) is 4.98 Å². The largest absolute Gasteiger partial charge is 0.479 e. The van der Waals surface area contributed by atoms with Crippen LogP contribution in [0.25, 0.3) is 11.5 Å². The van der Waals surface area contributed by atoms with E-state index in [4.69, 9.17) is 11.6 Å². The Morgan fingerprint density at radius 2 is 1.90 bits per heavy atom. The molecule has 2 aromatic rings. The summed E-state index contributed by atoms with van der Waals surface area (Å²) < 4.78 is 37.5. The molecule has 0 saturated carbocycles. The maximum Gasteiger partial charge on any atom is 0.408 e. The number of aromatic hydroxyl groups is 1. The molecule has 2 rings (SSSR count). The molecule has 1 atom stereocenters. The van der Waals surface area contributed by atoms with Gasteiger partial charge < -0.3 is 10.4 Å². The van der Waals surface area contributed by atoms with Gasteiger partial charge in [0.05, 0.1) is 0 Å². The third kappa shape index (κ3) is 3.91. The molecule has 2 N–H and O–H groups in total. The van der Waals surface area contributed by atoms with Crippen LogP contribution in [0.15, 0.2) is 18.2 Å². The van der Waals surface area contributed by atoms with Gasteiger partial charge in [-0.3, -0.25) is 0 Å². The topological polar surface area (TPSA) is 83.8 Å². The number of rotatable bonds is 3. The van der Waals surface area contributed by atoms with E-state index in [1.54, 1.807) is 6.07 Å². The third-order valence-corrected chi connectivity index (χ3v) is 2.61. The van der Waals surface area contributed by atoms with Crippen LogP contribution in [0.2, 0.25) is 5.15 Å². The third-order valence-electron chi connectivity index (χ3n) is 2.40. The normalized spacial score (nSPS) is 13.0. The highest BCUT2D eigenvalue weighted by molar-refractivity contribution is 6.29. The van der Waals surface area contributed by atoms with Gasteiger partial charge in [0, 0.05) is 0 Å². The van der Waals surface area contributed by atoms with Gasteiger partial charge in [-0.1, -0.05) is 17.7 Å². The second kappa shape index (κ2) is 5.68. The Bertz CT molecular complexity index is 652. The van der Waals surface area contributed by atoms with Gasteiger partial charge in [-0.05, 0) is 19.1 Å². The van der Waals surface area contributed by atoms with Crippen LogP contribution in [0.1, 0.15) is 6.92 Å². The molecule has 0 radical (unpaired) electrons. The zero-order valence-corrected chi connectivity index (χ0v) is 11.3. The van der Waals surface area contributed by atoms with Crippen LogP contribution in [0.4, 0.5) is 19.1 Å². The molecule has 0 aliphatic heterocycles. The van der Waals surface area contributed by atoms with Crippen molar-refractivity contribution in [1.82, 2.24) is 19.9 Å². The van der Waals surface area contributed by atoms with Gasteiger partial charge in [0.25, 0.3) is 0 Å². The van der Waals surface area contributed by atoms with E-state index in [0.29, 0.717) is 0 Å². The Hall–Kier alpha value is -2.16. The minimum absolute atomic E-state index is 0.0955. The lowest BCUT2D eigenvalue weighted by atomic mass is 10.3. The number of nitrogens with one attached hydrogen (secondary N) is 1. The number of hydrogen-bond donors (Lipinski definition) is 2. The summed E-state index contributed by atoms with van der Waals surface area (Å²) in [6.45, 7) is 0.901. The van der Waals surface area contributed by atoms with Crippen LogP contribution < -0.4 is 5.32 Å². The summed E-state index contributed by atoms with van der Waals surface area (Å²) in [7, 11) is 0. The average Bonchev–Trinajstić information content (AvgIpc) is 2.37. The van der Waals surface area contributed by atoms with Gasteiger partial charge in [0.1, 0.15) is 16.9 Å². The predicted molar refractivity (Wildman–Crippen MR) is 68.9 cm³/mol. The van der Waals surface area contributed by atoms with Crippen molar-refractivity contribution in [2.45, 2.75) is 19.1 Å². The lowest BCUT2D eigenvalue weighted by molar-refractivity contribution is -0.138. The molecule has 6 nitrogen and oxygen atoms in total. The lowest BCUT2D eigenvalue weighted by Gasteiger charge is -2.17. The molecule has 0 amide bonds. The molecule has 2 aromatic heterocycles. The Morgan fingerprint density at radius 3 is 2.52 bits per heavy atom. The maximum atomic E-state index is 12.5. The van der Waals surface area contributed by atoms with Gasteiger partial charge in [0.2, 0.25) is 5.95 Å². The van der Waals surface area contributed by atoms with Crippen molar-refractivity contribution >= 4 is 17.5 Å². The summed E-state index contributed by atoms with van der Waals surface area (Å²) >= 11 is 5.71. The summed E-state index contributed by atoms with van der Waals surface area (Å²) in [4.78, 5) is 14.7. The summed E-state index contributed by atoms with van der Waals surface area (Å²) in [6.07, 6.45) is -4.48. The summed E-state index contributed by atoms with van der Waals surface area (Å²) in [6, 6.07) is 1.96. The molecule has 0 aliphatic rings. The molecule has 0 fully saturated rings. The number of pyridine rings is 1. The quantitative estimate of drug-likeness (QED) is 0.846. The fraction of sp³-hybridized carbons (Fsp3) is 0.273. The molecule has 0 saturated heterocycles. The number of aromatic nitrogens is 4. The second-order valence-corrected chi connectivity index (χ2v) is 4.42. The maximum absolute atomic E-state index is 12.5. The molecule has 0 aromatic carbocycles. The van der Waals surface area contributed by atoms with Crippen molar-refractivity contribution in [3.63, 3.8) is 0 Å². The first-order valence-corrected chi connectivity index (χ1v) is 6.05. The van der Waals surface area contributed by atoms with Crippen LogP contribution >= 0.6 is 11.6 Å². The van der Waals surface area contributed by atoms with E-state index < -0.39 is 24.2 Å². The Morgan fingerprint density at radius 1 is 1.19 bits per heavy atom. The molecule has 10 heteroatoms. The molecular formula is C11H9ClF3N5O. The Kier molecular flexibility index (Phi) is 4.12. The van der Waals surface area contributed by atoms with E-state index in [0.717, 1.165) is 6.92 Å². The zero-order valence-electron chi connectivity index (χ0n) is 10.6. The van der Waals surface area contributed by atoms with Crippen molar-refractivity contribution < 1.29 is 18.3 Å². The van der Waals surface area contributed by atoms with E-state index in [-0.39, 0.29) is 16.7 Å². The van der Waals surface area contributed by atoms with Gasteiger partial charge in [-0.15, -0.1) is 0 Å². The van der Waals surface area contributed by atoms with Crippen LogP contribution in [-0.4, -0.2) is 37.3 Å². The summed E-state index contributed by atoms with van der Waals surface area (Å²) in [5, 5.41) is 11.6. The van der Waals surface area contributed by atoms with Crippen molar-refractivity contribution in [3.8, 4) is 17.5 Å². The zero-order chi connectivity index (χ0) is 15.6. The lowest BCUT2D eigenvalue weighted by Crippen LogP contribution is -2.33. The van der Waals surface area contributed by atoms with Crippen molar-refractivity contribution in [1.29, 1.82) is 0 Å². The molecule has 0 spiro atoms. The minimum Gasteiger partial charge on any atom is -0.479 e. The van der Waals surface area contributed by atoms with Crippen LogP contribution in [0.3, 0.4) is 0 Å². The van der Waals surface area contributed by atoms with Crippen molar-refractivity contribution in [3.05, 3.63) is 23.4 Å². The first-order chi connectivity index (χ1) is 9.75. The fourth-order valence-electron chi connectivity index (χ4n) is 1.35. The Labute approximate surface area is 122 Å². The highest BCUT2D eigenvalue weighted by Crippen LogP contribution is 2.23. The first kappa shape index (κ1) is 15.2. The van der Waals surface area contributed by atoms with Gasteiger partial charge >= 0.3 is 12.2 Å². The number of anilines is 1. The van der Waals surface area contributed by atoms with E-state index in [1.165, 1.54) is 12.1 Å². The molecule has 1 unspecified atom stereocenters. The fourth-order valence-corrected chi connectivity index (χ4v) is 1.52. The van der Waals surface area contributed by atoms with Gasteiger partial charge in [0.15, 0.2) is 5.82 Å². The van der Waals surface area contributed by atoms with E-state index in [2.05, 4.69) is 19.9 Å². The van der Waals surface area contributed by atoms with E-state index in [1.807, 2.05) is 5.32 Å². The summed E-state index contributed by atoms with van der Waals surface area (Å²) in [5.41, 5.74) is 0.197.